The predicted molar refractivity (Wildman–Crippen MR) is 78.7 cm³/mol. The van der Waals surface area contributed by atoms with E-state index in [0.29, 0.717) is 10.3 Å². The summed E-state index contributed by atoms with van der Waals surface area (Å²) in [5.41, 5.74) is 1.78. The van der Waals surface area contributed by atoms with Crippen molar-refractivity contribution < 1.29 is 4.39 Å². The van der Waals surface area contributed by atoms with Crippen LogP contribution in [0.4, 0.5) is 10.2 Å². The molecule has 1 aromatic heterocycles. The van der Waals surface area contributed by atoms with Gasteiger partial charge in [-0.1, -0.05) is 13.3 Å². The van der Waals surface area contributed by atoms with Gasteiger partial charge in [-0.2, -0.15) is 0 Å². The molecule has 0 aliphatic rings. The molecule has 0 saturated carbocycles. The van der Waals surface area contributed by atoms with Crippen molar-refractivity contribution in [3.63, 3.8) is 0 Å². The molecule has 0 aliphatic heterocycles. The second-order valence-electron chi connectivity index (χ2n) is 4.20. The Labute approximate surface area is 120 Å². The van der Waals surface area contributed by atoms with Gasteiger partial charge in [-0.15, -0.1) is 0 Å². The van der Waals surface area contributed by atoms with E-state index in [9.17, 15) is 4.39 Å². The van der Waals surface area contributed by atoms with E-state index in [-0.39, 0.29) is 5.82 Å². The Bertz CT molecular complexity index is 587. The van der Waals surface area contributed by atoms with Gasteiger partial charge in [-0.05, 0) is 40.5 Å². The zero-order valence-electron chi connectivity index (χ0n) is 10.9. The van der Waals surface area contributed by atoms with Crippen molar-refractivity contribution in [2.24, 2.45) is 0 Å². The fraction of sp³-hybridized carbons (Fsp3) is 0.286. The number of aryl methyl sites for hydroxylation is 1. The summed E-state index contributed by atoms with van der Waals surface area (Å²) in [4.78, 5) is 8.93. The molecular formula is C14H15BrFN3. The fourth-order valence-corrected chi connectivity index (χ4v) is 2.15. The summed E-state index contributed by atoms with van der Waals surface area (Å²) in [5.74, 6) is 1.09. The van der Waals surface area contributed by atoms with Gasteiger partial charge in [0.15, 0.2) is 5.82 Å². The van der Waals surface area contributed by atoms with Crippen LogP contribution in [0.15, 0.2) is 28.7 Å². The zero-order chi connectivity index (χ0) is 13.8. The lowest BCUT2D eigenvalue weighted by molar-refractivity contribution is 0.621. The molecule has 1 aromatic carbocycles. The smallest absolute Gasteiger partial charge is 0.161 e. The first kappa shape index (κ1) is 13.9. The van der Waals surface area contributed by atoms with Gasteiger partial charge in [-0.25, -0.2) is 14.4 Å². The van der Waals surface area contributed by atoms with E-state index < -0.39 is 0 Å². The van der Waals surface area contributed by atoms with Crippen molar-refractivity contribution in [1.82, 2.24) is 9.97 Å². The second kappa shape index (κ2) is 6.10. The molecule has 0 unspecified atom stereocenters. The van der Waals surface area contributed by atoms with Crippen molar-refractivity contribution >= 4 is 21.7 Å². The average Bonchev–Trinajstić information content (AvgIpc) is 2.42. The van der Waals surface area contributed by atoms with Crippen LogP contribution in [0.1, 0.15) is 19.0 Å². The highest BCUT2D eigenvalue weighted by Crippen LogP contribution is 2.24. The zero-order valence-corrected chi connectivity index (χ0v) is 12.5. The molecule has 19 heavy (non-hydrogen) atoms. The predicted octanol–water partition coefficient (Wildman–Crippen LogP) is 4.04. The highest BCUT2D eigenvalue weighted by molar-refractivity contribution is 9.10. The van der Waals surface area contributed by atoms with E-state index in [4.69, 9.17) is 0 Å². The minimum absolute atomic E-state index is 0.290. The van der Waals surface area contributed by atoms with Crippen molar-refractivity contribution in [1.29, 1.82) is 0 Å². The molecule has 0 saturated heterocycles. The third kappa shape index (κ3) is 3.29. The second-order valence-corrected chi connectivity index (χ2v) is 5.05. The third-order valence-corrected chi connectivity index (χ3v) is 3.33. The SMILES string of the molecule is CCCc1cc(NC)nc(-c2ccc(F)c(Br)c2)n1. The quantitative estimate of drug-likeness (QED) is 0.922. The standard InChI is InChI=1S/C14H15BrFN3/c1-3-4-10-8-13(17-2)19-14(18-10)9-5-6-12(16)11(15)7-9/h5-8H,3-4H2,1-2H3,(H,17,18,19). The number of aromatic nitrogens is 2. The summed E-state index contributed by atoms with van der Waals surface area (Å²) in [7, 11) is 1.82. The van der Waals surface area contributed by atoms with Crippen LogP contribution in [0.2, 0.25) is 0 Å². The molecule has 5 heteroatoms. The van der Waals surface area contributed by atoms with E-state index >= 15 is 0 Å². The largest absolute Gasteiger partial charge is 0.373 e. The number of halogens is 2. The Morgan fingerprint density at radius 1 is 1.26 bits per heavy atom. The van der Waals surface area contributed by atoms with Crippen LogP contribution in [-0.2, 0) is 6.42 Å². The van der Waals surface area contributed by atoms with Gasteiger partial charge in [0.05, 0.1) is 4.47 Å². The maximum atomic E-state index is 13.3. The highest BCUT2D eigenvalue weighted by atomic mass is 79.9. The Balaban J connectivity index is 2.47. The maximum absolute atomic E-state index is 13.3. The van der Waals surface area contributed by atoms with Crippen LogP contribution in [0.25, 0.3) is 11.4 Å². The minimum Gasteiger partial charge on any atom is -0.373 e. The van der Waals surface area contributed by atoms with Crippen molar-refractivity contribution in [3.05, 3.63) is 40.2 Å². The van der Waals surface area contributed by atoms with Crippen LogP contribution >= 0.6 is 15.9 Å². The number of hydrogen-bond donors (Lipinski definition) is 1. The monoisotopic (exact) mass is 323 g/mol. The third-order valence-electron chi connectivity index (χ3n) is 2.72. The molecular weight excluding hydrogens is 309 g/mol. The van der Waals surface area contributed by atoms with Crippen molar-refractivity contribution in [2.45, 2.75) is 19.8 Å². The topological polar surface area (TPSA) is 37.8 Å². The van der Waals surface area contributed by atoms with Crippen LogP contribution in [0.3, 0.4) is 0 Å². The van der Waals surface area contributed by atoms with Crippen LogP contribution in [0, 0.1) is 5.82 Å². The number of nitrogens with one attached hydrogen (secondary N) is 1. The number of benzene rings is 1. The summed E-state index contributed by atoms with van der Waals surface area (Å²) < 4.78 is 13.7. The van der Waals surface area contributed by atoms with Crippen molar-refractivity contribution in [2.75, 3.05) is 12.4 Å². The van der Waals surface area contributed by atoms with E-state index in [1.807, 2.05) is 13.1 Å². The number of hydrogen-bond acceptors (Lipinski definition) is 3. The minimum atomic E-state index is -0.290. The van der Waals surface area contributed by atoms with Gasteiger partial charge in [0.1, 0.15) is 11.6 Å². The molecule has 0 fully saturated rings. The molecule has 3 nitrogen and oxygen atoms in total. The van der Waals surface area contributed by atoms with Crippen LogP contribution < -0.4 is 5.32 Å². The van der Waals surface area contributed by atoms with Gasteiger partial charge in [0.25, 0.3) is 0 Å². The first-order valence-electron chi connectivity index (χ1n) is 6.15. The normalized spacial score (nSPS) is 10.5. The van der Waals surface area contributed by atoms with Gasteiger partial charge < -0.3 is 5.32 Å². The van der Waals surface area contributed by atoms with Crippen LogP contribution in [-0.4, -0.2) is 17.0 Å². The number of nitrogens with zero attached hydrogens (tertiary/aromatic N) is 2. The van der Waals surface area contributed by atoms with Gasteiger partial charge in [-0.3, -0.25) is 0 Å². The van der Waals surface area contributed by atoms with Crippen molar-refractivity contribution in [3.8, 4) is 11.4 Å². The average molecular weight is 324 g/mol. The Morgan fingerprint density at radius 3 is 2.68 bits per heavy atom. The van der Waals surface area contributed by atoms with E-state index in [1.54, 1.807) is 12.1 Å². The molecule has 0 radical (unpaired) electrons. The summed E-state index contributed by atoms with van der Waals surface area (Å²) in [6.07, 6.45) is 1.92. The van der Waals surface area contributed by atoms with E-state index in [0.717, 1.165) is 29.9 Å². The summed E-state index contributed by atoms with van der Waals surface area (Å²) in [5, 5.41) is 3.03. The fourth-order valence-electron chi connectivity index (χ4n) is 1.77. The molecule has 0 spiro atoms. The van der Waals surface area contributed by atoms with E-state index in [1.165, 1.54) is 6.07 Å². The number of anilines is 1. The lowest BCUT2D eigenvalue weighted by Crippen LogP contribution is -2.01. The lowest BCUT2D eigenvalue weighted by Gasteiger charge is -2.08. The van der Waals surface area contributed by atoms with E-state index in [2.05, 4.69) is 38.1 Å². The van der Waals surface area contributed by atoms with Gasteiger partial charge >= 0.3 is 0 Å². The molecule has 1 heterocycles. The highest BCUT2D eigenvalue weighted by Gasteiger charge is 2.08. The summed E-state index contributed by atoms with van der Waals surface area (Å²) in [6.45, 7) is 2.11. The Hall–Kier alpha value is -1.49. The Kier molecular flexibility index (Phi) is 4.47. The molecule has 100 valence electrons. The molecule has 2 rings (SSSR count). The van der Waals surface area contributed by atoms with Gasteiger partial charge in [0, 0.05) is 24.4 Å². The van der Waals surface area contributed by atoms with Gasteiger partial charge in [0.2, 0.25) is 0 Å². The first-order valence-corrected chi connectivity index (χ1v) is 6.94. The summed E-state index contributed by atoms with van der Waals surface area (Å²) in [6, 6.07) is 6.73. The molecule has 2 aromatic rings. The van der Waals surface area contributed by atoms with Crippen LogP contribution in [0.5, 0.6) is 0 Å². The maximum Gasteiger partial charge on any atom is 0.161 e. The molecule has 0 atom stereocenters. The molecule has 0 aliphatic carbocycles. The lowest BCUT2D eigenvalue weighted by atomic mass is 10.2. The molecule has 1 N–H and O–H groups in total. The first-order chi connectivity index (χ1) is 9.13. The molecule has 0 amide bonds. The molecule has 0 bridgehead atoms. The number of rotatable bonds is 4. The summed E-state index contributed by atoms with van der Waals surface area (Å²) >= 11 is 3.18. The Morgan fingerprint density at radius 2 is 2.05 bits per heavy atom.